The highest BCUT2D eigenvalue weighted by molar-refractivity contribution is 7.99. The van der Waals surface area contributed by atoms with Gasteiger partial charge >= 0.3 is 0 Å². The first kappa shape index (κ1) is 12.8. The summed E-state index contributed by atoms with van der Waals surface area (Å²) in [5.74, 6) is 1.28. The van der Waals surface area contributed by atoms with Crippen LogP contribution in [0.25, 0.3) is 0 Å². The quantitative estimate of drug-likeness (QED) is 0.873. The Morgan fingerprint density at radius 2 is 2.11 bits per heavy atom. The van der Waals surface area contributed by atoms with Gasteiger partial charge in [0.1, 0.15) is 11.9 Å². The van der Waals surface area contributed by atoms with Crippen molar-refractivity contribution in [1.82, 2.24) is 9.55 Å². The molecule has 0 aliphatic carbocycles. The van der Waals surface area contributed by atoms with Gasteiger partial charge in [-0.15, -0.1) is 11.8 Å². The number of imidazole rings is 1. The maximum absolute atomic E-state index is 8.74. The predicted molar refractivity (Wildman–Crippen MR) is 73.5 cm³/mol. The average Bonchev–Trinajstić information content (AvgIpc) is 2.73. The highest BCUT2D eigenvalue weighted by atomic mass is 35.5. The SMILES string of the molecule is N#Cc1ncn(CCSc2ccc(Cl)cc2)c1N. The first-order valence-electron chi connectivity index (χ1n) is 5.30. The van der Waals surface area contributed by atoms with E-state index < -0.39 is 0 Å². The third-order valence-corrected chi connectivity index (χ3v) is 3.64. The molecule has 0 fully saturated rings. The Kier molecular flexibility index (Phi) is 4.13. The molecule has 4 nitrogen and oxygen atoms in total. The van der Waals surface area contributed by atoms with Gasteiger partial charge in [0.15, 0.2) is 5.69 Å². The lowest BCUT2D eigenvalue weighted by Gasteiger charge is -2.04. The molecule has 0 radical (unpaired) electrons. The summed E-state index contributed by atoms with van der Waals surface area (Å²) in [5, 5.41) is 9.47. The van der Waals surface area contributed by atoms with E-state index in [0.717, 1.165) is 15.7 Å². The van der Waals surface area contributed by atoms with Crippen LogP contribution in [0.2, 0.25) is 5.02 Å². The molecule has 0 atom stereocenters. The number of hydrogen-bond acceptors (Lipinski definition) is 4. The van der Waals surface area contributed by atoms with Gasteiger partial charge < -0.3 is 10.3 Å². The summed E-state index contributed by atoms with van der Waals surface area (Å²) >= 11 is 7.52. The van der Waals surface area contributed by atoms with Crippen LogP contribution in [-0.4, -0.2) is 15.3 Å². The number of thioether (sulfide) groups is 1. The van der Waals surface area contributed by atoms with E-state index in [2.05, 4.69) is 4.98 Å². The molecule has 0 aliphatic heterocycles. The Morgan fingerprint density at radius 1 is 1.39 bits per heavy atom. The monoisotopic (exact) mass is 278 g/mol. The summed E-state index contributed by atoms with van der Waals surface area (Å²) in [4.78, 5) is 5.07. The van der Waals surface area contributed by atoms with Crippen molar-refractivity contribution >= 4 is 29.2 Å². The minimum absolute atomic E-state index is 0.284. The number of benzene rings is 1. The number of aromatic nitrogens is 2. The van der Waals surface area contributed by atoms with Crippen LogP contribution in [0.3, 0.4) is 0 Å². The number of halogens is 1. The summed E-state index contributed by atoms with van der Waals surface area (Å²) in [6.45, 7) is 0.716. The zero-order valence-corrected chi connectivity index (χ0v) is 11.1. The molecule has 1 aromatic carbocycles. The van der Waals surface area contributed by atoms with Gasteiger partial charge in [-0.3, -0.25) is 0 Å². The van der Waals surface area contributed by atoms with Gasteiger partial charge in [0.25, 0.3) is 0 Å². The fourth-order valence-electron chi connectivity index (χ4n) is 1.45. The molecule has 0 amide bonds. The summed E-state index contributed by atoms with van der Waals surface area (Å²) in [6, 6.07) is 9.63. The average molecular weight is 279 g/mol. The minimum atomic E-state index is 0.284. The second-order valence-corrected chi connectivity index (χ2v) is 5.19. The molecular weight excluding hydrogens is 268 g/mol. The van der Waals surface area contributed by atoms with E-state index >= 15 is 0 Å². The smallest absolute Gasteiger partial charge is 0.182 e. The van der Waals surface area contributed by atoms with E-state index in [1.807, 2.05) is 30.3 Å². The summed E-state index contributed by atoms with van der Waals surface area (Å²) < 4.78 is 1.78. The number of anilines is 1. The van der Waals surface area contributed by atoms with Gasteiger partial charge in [0, 0.05) is 22.2 Å². The van der Waals surface area contributed by atoms with Gasteiger partial charge in [-0.1, -0.05) is 11.6 Å². The molecular formula is C12H11ClN4S. The number of nitrogens with two attached hydrogens (primary N) is 1. The molecule has 0 unspecified atom stereocenters. The Bertz CT molecular complexity index is 571. The lowest BCUT2D eigenvalue weighted by molar-refractivity contribution is 0.780. The zero-order valence-electron chi connectivity index (χ0n) is 9.51. The van der Waals surface area contributed by atoms with E-state index in [0.29, 0.717) is 12.4 Å². The van der Waals surface area contributed by atoms with Gasteiger partial charge in [0.05, 0.1) is 6.33 Å². The van der Waals surface area contributed by atoms with Crippen LogP contribution >= 0.6 is 23.4 Å². The van der Waals surface area contributed by atoms with Crippen LogP contribution in [0.4, 0.5) is 5.82 Å². The standard InChI is InChI=1S/C12H11ClN4S/c13-9-1-3-10(4-2-9)18-6-5-17-8-16-11(7-14)12(17)15/h1-4,8H,5-6,15H2. The van der Waals surface area contributed by atoms with Crippen molar-refractivity contribution in [3.63, 3.8) is 0 Å². The fourth-order valence-corrected chi connectivity index (χ4v) is 2.43. The molecule has 92 valence electrons. The van der Waals surface area contributed by atoms with Crippen molar-refractivity contribution in [2.45, 2.75) is 11.4 Å². The number of nitrogen functional groups attached to an aromatic ring is 1. The Morgan fingerprint density at radius 3 is 2.72 bits per heavy atom. The van der Waals surface area contributed by atoms with Crippen molar-refractivity contribution in [1.29, 1.82) is 5.26 Å². The summed E-state index contributed by atoms with van der Waals surface area (Å²) in [6.07, 6.45) is 1.59. The summed E-state index contributed by atoms with van der Waals surface area (Å²) in [7, 11) is 0. The molecule has 1 heterocycles. The van der Waals surface area contributed by atoms with Crippen molar-refractivity contribution in [2.24, 2.45) is 0 Å². The van der Waals surface area contributed by atoms with E-state index in [4.69, 9.17) is 22.6 Å². The molecule has 0 bridgehead atoms. The van der Waals surface area contributed by atoms with Crippen LogP contribution < -0.4 is 5.73 Å². The van der Waals surface area contributed by atoms with Crippen LogP contribution in [0.1, 0.15) is 5.69 Å². The number of aryl methyl sites for hydroxylation is 1. The molecule has 6 heteroatoms. The largest absolute Gasteiger partial charge is 0.383 e. The second-order valence-electron chi connectivity index (χ2n) is 3.59. The van der Waals surface area contributed by atoms with E-state index in [1.54, 1.807) is 22.7 Å². The van der Waals surface area contributed by atoms with E-state index in [9.17, 15) is 0 Å². The van der Waals surface area contributed by atoms with Crippen molar-refractivity contribution < 1.29 is 0 Å². The number of hydrogen-bond donors (Lipinski definition) is 1. The molecule has 2 aromatic rings. The van der Waals surface area contributed by atoms with E-state index in [-0.39, 0.29) is 5.69 Å². The molecule has 2 N–H and O–H groups in total. The van der Waals surface area contributed by atoms with Crippen molar-refractivity contribution in [3.8, 4) is 6.07 Å². The van der Waals surface area contributed by atoms with E-state index in [1.165, 1.54) is 0 Å². The maximum atomic E-state index is 8.74. The second kappa shape index (κ2) is 5.80. The van der Waals surface area contributed by atoms with Gasteiger partial charge in [-0.05, 0) is 24.3 Å². The molecule has 0 saturated carbocycles. The fraction of sp³-hybridized carbons (Fsp3) is 0.167. The predicted octanol–water partition coefficient (Wildman–Crippen LogP) is 2.78. The Balaban J connectivity index is 1.90. The van der Waals surface area contributed by atoms with Gasteiger partial charge in [0.2, 0.25) is 0 Å². The first-order valence-corrected chi connectivity index (χ1v) is 6.66. The topological polar surface area (TPSA) is 67.6 Å². The van der Waals surface area contributed by atoms with Crippen LogP contribution in [-0.2, 0) is 6.54 Å². The lowest BCUT2D eigenvalue weighted by atomic mass is 10.4. The Hall–Kier alpha value is -1.64. The van der Waals surface area contributed by atoms with Gasteiger partial charge in [-0.25, -0.2) is 4.98 Å². The van der Waals surface area contributed by atoms with Crippen LogP contribution in [0, 0.1) is 11.3 Å². The van der Waals surface area contributed by atoms with Crippen molar-refractivity contribution in [3.05, 3.63) is 41.3 Å². The van der Waals surface area contributed by atoms with Crippen LogP contribution in [0.5, 0.6) is 0 Å². The molecule has 0 saturated heterocycles. The number of rotatable bonds is 4. The lowest BCUT2D eigenvalue weighted by Crippen LogP contribution is -2.04. The third kappa shape index (κ3) is 2.97. The zero-order chi connectivity index (χ0) is 13.0. The normalized spacial score (nSPS) is 10.2. The summed E-state index contributed by atoms with van der Waals surface area (Å²) in [5.41, 5.74) is 6.05. The highest BCUT2D eigenvalue weighted by Crippen LogP contribution is 2.21. The van der Waals surface area contributed by atoms with Crippen LogP contribution in [0.15, 0.2) is 35.5 Å². The molecule has 0 aliphatic rings. The molecule has 1 aromatic heterocycles. The van der Waals surface area contributed by atoms with Crippen molar-refractivity contribution in [2.75, 3.05) is 11.5 Å². The molecule has 0 spiro atoms. The van der Waals surface area contributed by atoms with Gasteiger partial charge in [-0.2, -0.15) is 5.26 Å². The molecule has 18 heavy (non-hydrogen) atoms. The first-order chi connectivity index (χ1) is 8.70. The Labute approximate surface area is 114 Å². The molecule has 2 rings (SSSR count). The number of nitrogens with zero attached hydrogens (tertiary/aromatic N) is 3. The highest BCUT2D eigenvalue weighted by Gasteiger charge is 2.05. The maximum Gasteiger partial charge on any atom is 0.182 e. The number of nitriles is 1. The third-order valence-electron chi connectivity index (χ3n) is 2.40. The minimum Gasteiger partial charge on any atom is -0.383 e.